The number of benzene rings is 1. The maximum Gasteiger partial charge on any atom is 0.420 e. The van der Waals surface area contributed by atoms with Gasteiger partial charge < -0.3 is 9.47 Å². The van der Waals surface area contributed by atoms with E-state index in [4.69, 9.17) is 9.47 Å². The van der Waals surface area contributed by atoms with Gasteiger partial charge >= 0.3 is 6.09 Å². The van der Waals surface area contributed by atoms with Crippen molar-refractivity contribution in [2.75, 3.05) is 6.61 Å². The van der Waals surface area contributed by atoms with Crippen LogP contribution in [0.1, 0.15) is 23.7 Å². The molecule has 5 heteroatoms. The van der Waals surface area contributed by atoms with Gasteiger partial charge in [-0.1, -0.05) is 24.8 Å². The van der Waals surface area contributed by atoms with Crippen molar-refractivity contribution in [3.8, 4) is 0 Å². The highest BCUT2D eigenvalue weighted by Gasteiger charge is 2.56. The SMILES string of the molecule is C=C1CC=C(C)OC12COC(=O)N2C(=O)c1ccccc1. The fourth-order valence-electron chi connectivity index (χ4n) is 2.53. The molecule has 1 fully saturated rings. The van der Waals surface area contributed by atoms with Gasteiger partial charge in [0.15, 0.2) is 6.61 Å². The quantitative estimate of drug-likeness (QED) is 0.744. The van der Waals surface area contributed by atoms with Crippen molar-refractivity contribution in [1.82, 2.24) is 4.90 Å². The van der Waals surface area contributed by atoms with E-state index in [1.54, 1.807) is 37.3 Å². The first-order valence-corrected chi connectivity index (χ1v) is 6.65. The smallest absolute Gasteiger partial charge is 0.420 e. The normalized spacial score (nSPS) is 24.6. The predicted octanol–water partition coefficient (Wildman–Crippen LogP) is 2.86. The topological polar surface area (TPSA) is 55.8 Å². The van der Waals surface area contributed by atoms with Crippen LogP contribution in [0.25, 0.3) is 0 Å². The van der Waals surface area contributed by atoms with E-state index in [-0.39, 0.29) is 6.61 Å². The zero-order valence-corrected chi connectivity index (χ0v) is 11.7. The summed E-state index contributed by atoms with van der Waals surface area (Å²) in [5.74, 6) is 0.195. The molecule has 0 radical (unpaired) electrons. The molecule has 1 aromatic carbocycles. The first kappa shape index (κ1) is 13.4. The zero-order chi connectivity index (χ0) is 15.0. The second kappa shape index (κ2) is 4.77. The van der Waals surface area contributed by atoms with E-state index in [2.05, 4.69) is 6.58 Å². The molecule has 1 spiro atoms. The molecule has 2 heterocycles. The minimum absolute atomic E-state index is 0.0333. The Bertz CT molecular complexity index is 650. The highest BCUT2D eigenvalue weighted by molar-refractivity contribution is 6.04. The molecule has 2 amide bonds. The van der Waals surface area contributed by atoms with Crippen LogP contribution < -0.4 is 0 Å². The summed E-state index contributed by atoms with van der Waals surface area (Å²) in [6.45, 7) is 5.70. The Balaban J connectivity index is 2.03. The van der Waals surface area contributed by atoms with Crippen LogP contribution in [0.3, 0.4) is 0 Å². The van der Waals surface area contributed by atoms with Crippen LogP contribution in [-0.4, -0.2) is 29.2 Å². The van der Waals surface area contributed by atoms with Gasteiger partial charge in [-0.15, -0.1) is 0 Å². The zero-order valence-electron chi connectivity index (χ0n) is 11.7. The Labute approximate surface area is 122 Å². The molecule has 0 saturated carbocycles. The second-order valence-electron chi connectivity index (χ2n) is 5.07. The molecule has 1 unspecified atom stereocenters. The summed E-state index contributed by atoms with van der Waals surface area (Å²) >= 11 is 0. The van der Waals surface area contributed by atoms with Gasteiger partial charge in [-0.05, 0) is 37.1 Å². The highest BCUT2D eigenvalue weighted by atomic mass is 16.6. The van der Waals surface area contributed by atoms with E-state index in [1.807, 2.05) is 6.08 Å². The second-order valence-corrected chi connectivity index (χ2v) is 5.07. The van der Waals surface area contributed by atoms with Crippen LogP contribution in [-0.2, 0) is 9.47 Å². The number of hydrogen-bond donors (Lipinski definition) is 0. The summed E-state index contributed by atoms with van der Waals surface area (Å²) in [5.41, 5.74) is -0.203. The number of amides is 2. The third-order valence-electron chi connectivity index (χ3n) is 3.68. The predicted molar refractivity (Wildman–Crippen MR) is 75.3 cm³/mol. The molecule has 21 heavy (non-hydrogen) atoms. The van der Waals surface area contributed by atoms with Crippen molar-refractivity contribution < 1.29 is 19.1 Å². The molecule has 0 aliphatic carbocycles. The van der Waals surface area contributed by atoms with Crippen molar-refractivity contribution >= 4 is 12.0 Å². The van der Waals surface area contributed by atoms with Crippen molar-refractivity contribution in [2.45, 2.75) is 19.1 Å². The van der Waals surface area contributed by atoms with Gasteiger partial charge in [0.25, 0.3) is 11.6 Å². The van der Waals surface area contributed by atoms with Crippen molar-refractivity contribution in [3.05, 3.63) is 59.9 Å². The largest absolute Gasteiger partial charge is 0.465 e. The molecule has 1 saturated heterocycles. The van der Waals surface area contributed by atoms with E-state index in [0.717, 1.165) is 4.90 Å². The molecule has 0 aromatic heterocycles. The van der Waals surface area contributed by atoms with Gasteiger partial charge in [-0.3, -0.25) is 4.79 Å². The standard InChI is InChI=1S/C16H15NO4/c1-11-8-9-12(2)21-16(11)10-20-15(19)17(16)14(18)13-6-4-3-5-7-13/h3-7,9H,1,8,10H2,2H3. The molecule has 1 aromatic rings. The maximum atomic E-state index is 12.7. The fourth-order valence-corrected chi connectivity index (χ4v) is 2.53. The van der Waals surface area contributed by atoms with E-state index in [0.29, 0.717) is 23.3 Å². The molecule has 5 nitrogen and oxygen atoms in total. The third-order valence-corrected chi connectivity index (χ3v) is 3.68. The van der Waals surface area contributed by atoms with Crippen LogP contribution in [0.4, 0.5) is 4.79 Å². The number of hydrogen-bond acceptors (Lipinski definition) is 4. The number of carbonyl (C=O) groups is 2. The number of carbonyl (C=O) groups excluding carboxylic acids is 2. The van der Waals surface area contributed by atoms with Crippen LogP contribution in [0, 0.1) is 0 Å². The van der Waals surface area contributed by atoms with E-state index >= 15 is 0 Å². The number of allylic oxidation sites excluding steroid dienone is 2. The number of cyclic esters (lactones) is 1. The lowest BCUT2D eigenvalue weighted by atomic mass is 9.97. The summed E-state index contributed by atoms with van der Waals surface area (Å²) in [4.78, 5) is 25.8. The number of rotatable bonds is 1. The van der Waals surface area contributed by atoms with E-state index in [9.17, 15) is 9.59 Å². The first-order valence-electron chi connectivity index (χ1n) is 6.65. The Kier molecular flexibility index (Phi) is 3.05. The van der Waals surface area contributed by atoms with E-state index < -0.39 is 17.7 Å². The van der Waals surface area contributed by atoms with Crippen molar-refractivity contribution in [1.29, 1.82) is 0 Å². The van der Waals surface area contributed by atoms with E-state index in [1.165, 1.54) is 0 Å². The summed E-state index contributed by atoms with van der Waals surface area (Å²) < 4.78 is 10.9. The minimum atomic E-state index is -1.23. The summed E-state index contributed by atoms with van der Waals surface area (Å²) in [6, 6.07) is 8.58. The monoisotopic (exact) mass is 285 g/mol. The molecule has 0 N–H and O–H groups in total. The molecule has 3 rings (SSSR count). The fraction of sp³-hybridized carbons (Fsp3) is 0.250. The lowest BCUT2D eigenvalue weighted by molar-refractivity contribution is -0.0510. The lowest BCUT2D eigenvalue weighted by Gasteiger charge is -2.38. The minimum Gasteiger partial charge on any atom is -0.465 e. The highest BCUT2D eigenvalue weighted by Crippen LogP contribution is 2.39. The number of imide groups is 1. The van der Waals surface area contributed by atoms with Crippen LogP contribution in [0.15, 0.2) is 54.3 Å². The summed E-state index contributed by atoms with van der Waals surface area (Å²) in [6.07, 6.45) is 1.70. The molecular weight excluding hydrogens is 270 g/mol. The van der Waals surface area contributed by atoms with Crippen LogP contribution >= 0.6 is 0 Å². The molecule has 2 aliphatic rings. The van der Waals surface area contributed by atoms with Crippen molar-refractivity contribution in [3.63, 3.8) is 0 Å². The Morgan fingerprint density at radius 2 is 2.05 bits per heavy atom. The van der Waals surface area contributed by atoms with Gasteiger partial charge in [-0.25, -0.2) is 4.79 Å². The maximum absolute atomic E-state index is 12.7. The Morgan fingerprint density at radius 1 is 1.33 bits per heavy atom. The average Bonchev–Trinajstić information content (AvgIpc) is 2.81. The lowest BCUT2D eigenvalue weighted by Crippen LogP contribution is -2.54. The molecular formula is C16H15NO4. The van der Waals surface area contributed by atoms with Crippen LogP contribution in [0.2, 0.25) is 0 Å². The summed E-state index contributed by atoms with van der Waals surface area (Å²) in [7, 11) is 0. The van der Waals surface area contributed by atoms with Crippen molar-refractivity contribution in [2.24, 2.45) is 0 Å². The first-order chi connectivity index (χ1) is 10.0. The average molecular weight is 285 g/mol. The Morgan fingerprint density at radius 3 is 2.76 bits per heavy atom. The van der Waals surface area contributed by atoms with Gasteiger partial charge in [0.1, 0.15) is 0 Å². The van der Waals surface area contributed by atoms with Gasteiger partial charge in [0, 0.05) is 5.56 Å². The van der Waals surface area contributed by atoms with Gasteiger partial charge in [0.05, 0.1) is 5.76 Å². The number of nitrogens with zero attached hydrogens (tertiary/aromatic N) is 1. The summed E-state index contributed by atoms with van der Waals surface area (Å²) in [5, 5.41) is 0. The van der Waals surface area contributed by atoms with Crippen LogP contribution in [0.5, 0.6) is 0 Å². The van der Waals surface area contributed by atoms with Gasteiger partial charge in [-0.2, -0.15) is 4.90 Å². The molecule has 1 atom stereocenters. The van der Waals surface area contributed by atoms with Gasteiger partial charge in [0.2, 0.25) is 0 Å². The Hall–Kier alpha value is -2.56. The molecule has 0 bridgehead atoms. The third kappa shape index (κ3) is 2.01. The molecule has 2 aliphatic heterocycles. The molecule has 108 valence electrons. The number of ether oxygens (including phenoxy) is 2.